The minimum Gasteiger partial charge on any atom is -0.468 e. The van der Waals surface area contributed by atoms with Crippen molar-refractivity contribution in [3.05, 3.63) is 0 Å². The highest BCUT2D eigenvalue weighted by molar-refractivity contribution is 5.75. The van der Waals surface area contributed by atoms with E-state index < -0.39 is 0 Å². The van der Waals surface area contributed by atoms with Gasteiger partial charge in [-0.2, -0.15) is 0 Å². The summed E-state index contributed by atoms with van der Waals surface area (Å²) in [7, 11) is 1.46. The third kappa shape index (κ3) is 5.50. The number of carbonyl (C=O) groups excluding carboxylic acids is 1. The highest BCUT2D eigenvalue weighted by atomic mass is 16.5. The first-order valence-corrected chi connectivity index (χ1v) is 6.66. The van der Waals surface area contributed by atoms with E-state index in [2.05, 4.69) is 12.2 Å². The number of ether oxygens (including phenoxy) is 2. The first-order valence-electron chi connectivity index (χ1n) is 6.66. The Morgan fingerprint density at radius 1 is 1.47 bits per heavy atom. The molecule has 0 amide bonds. The molecule has 4 nitrogen and oxygen atoms in total. The van der Waals surface area contributed by atoms with Gasteiger partial charge in [-0.3, -0.25) is 4.79 Å². The second-order valence-electron chi connectivity index (χ2n) is 4.68. The van der Waals surface area contributed by atoms with Gasteiger partial charge in [-0.25, -0.2) is 0 Å². The van der Waals surface area contributed by atoms with Gasteiger partial charge in [-0.05, 0) is 31.7 Å². The second-order valence-corrected chi connectivity index (χ2v) is 4.68. The van der Waals surface area contributed by atoms with Crippen LogP contribution in [0.1, 0.15) is 39.0 Å². The van der Waals surface area contributed by atoms with Gasteiger partial charge in [0.2, 0.25) is 0 Å². The first-order chi connectivity index (χ1) is 8.27. The topological polar surface area (TPSA) is 47.6 Å². The Morgan fingerprint density at radius 2 is 2.18 bits per heavy atom. The molecule has 0 aromatic heterocycles. The fourth-order valence-corrected chi connectivity index (χ4v) is 2.11. The molecule has 1 heterocycles. The molecule has 1 atom stereocenters. The molecule has 1 unspecified atom stereocenters. The lowest BCUT2D eigenvalue weighted by Gasteiger charge is -2.24. The molecule has 0 aromatic carbocycles. The van der Waals surface area contributed by atoms with Gasteiger partial charge >= 0.3 is 5.97 Å². The molecule has 1 aliphatic heterocycles. The molecule has 100 valence electrons. The van der Waals surface area contributed by atoms with E-state index in [1.807, 2.05) is 0 Å². The standard InChI is InChI=1S/C13H25NO3/c1-3-4-5-12(13(15)16-2)14-10-11-6-8-17-9-7-11/h11-12,14H,3-10H2,1-2H3. The number of hydrogen-bond acceptors (Lipinski definition) is 4. The van der Waals surface area contributed by atoms with Crippen LogP contribution < -0.4 is 5.32 Å². The smallest absolute Gasteiger partial charge is 0.322 e. The van der Waals surface area contributed by atoms with Gasteiger partial charge in [-0.1, -0.05) is 19.8 Å². The van der Waals surface area contributed by atoms with Crippen molar-refractivity contribution in [1.29, 1.82) is 0 Å². The molecule has 1 rings (SSSR count). The molecular formula is C13H25NO3. The fraction of sp³-hybridized carbons (Fsp3) is 0.923. The van der Waals surface area contributed by atoms with Crippen molar-refractivity contribution >= 4 is 5.97 Å². The number of methoxy groups -OCH3 is 1. The summed E-state index contributed by atoms with van der Waals surface area (Å²) in [4.78, 5) is 11.6. The number of nitrogens with one attached hydrogen (secondary N) is 1. The fourth-order valence-electron chi connectivity index (χ4n) is 2.11. The van der Waals surface area contributed by atoms with Crippen LogP contribution in [-0.4, -0.2) is 38.9 Å². The van der Waals surface area contributed by atoms with Gasteiger partial charge in [0, 0.05) is 13.2 Å². The summed E-state index contributed by atoms with van der Waals surface area (Å²) in [5.41, 5.74) is 0. The molecule has 0 bridgehead atoms. The molecule has 1 saturated heterocycles. The third-order valence-electron chi connectivity index (χ3n) is 3.33. The van der Waals surface area contributed by atoms with Crippen molar-refractivity contribution in [1.82, 2.24) is 5.32 Å². The van der Waals surface area contributed by atoms with E-state index in [9.17, 15) is 4.79 Å². The highest BCUT2D eigenvalue weighted by Crippen LogP contribution is 2.14. The summed E-state index contributed by atoms with van der Waals surface area (Å²) in [6.07, 6.45) is 5.21. The monoisotopic (exact) mass is 243 g/mol. The predicted octanol–water partition coefficient (Wildman–Crippen LogP) is 1.73. The molecule has 0 saturated carbocycles. The van der Waals surface area contributed by atoms with Crippen LogP contribution in [0.15, 0.2) is 0 Å². The van der Waals surface area contributed by atoms with Crippen LogP contribution in [0.4, 0.5) is 0 Å². The van der Waals surface area contributed by atoms with Crippen LogP contribution in [0, 0.1) is 5.92 Å². The van der Waals surface area contributed by atoms with Crippen LogP contribution in [0.25, 0.3) is 0 Å². The van der Waals surface area contributed by atoms with Gasteiger partial charge < -0.3 is 14.8 Å². The van der Waals surface area contributed by atoms with Crippen molar-refractivity contribution in [2.24, 2.45) is 5.92 Å². The lowest BCUT2D eigenvalue weighted by Crippen LogP contribution is -2.41. The molecule has 0 aromatic rings. The van der Waals surface area contributed by atoms with Crippen molar-refractivity contribution in [3.63, 3.8) is 0 Å². The Balaban J connectivity index is 2.28. The quantitative estimate of drug-likeness (QED) is 0.692. The number of esters is 1. The Labute approximate surface area is 104 Å². The largest absolute Gasteiger partial charge is 0.468 e. The average Bonchev–Trinajstić information content (AvgIpc) is 2.39. The van der Waals surface area contributed by atoms with E-state index in [0.29, 0.717) is 5.92 Å². The lowest BCUT2D eigenvalue weighted by molar-refractivity contribution is -0.143. The summed E-state index contributed by atoms with van der Waals surface area (Å²) < 4.78 is 10.1. The molecule has 1 aliphatic rings. The molecule has 0 spiro atoms. The zero-order chi connectivity index (χ0) is 12.5. The Morgan fingerprint density at radius 3 is 2.76 bits per heavy atom. The molecular weight excluding hydrogens is 218 g/mol. The zero-order valence-corrected chi connectivity index (χ0v) is 11.0. The molecule has 1 fully saturated rings. The first kappa shape index (κ1) is 14.5. The highest BCUT2D eigenvalue weighted by Gasteiger charge is 2.20. The molecule has 17 heavy (non-hydrogen) atoms. The van der Waals surface area contributed by atoms with Gasteiger partial charge in [-0.15, -0.1) is 0 Å². The minimum atomic E-state index is -0.136. The Bertz CT molecular complexity index is 215. The second kappa shape index (κ2) is 8.48. The van der Waals surface area contributed by atoms with Crippen molar-refractivity contribution < 1.29 is 14.3 Å². The lowest BCUT2D eigenvalue weighted by atomic mass is 9.99. The molecule has 0 radical (unpaired) electrons. The number of carbonyl (C=O) groups is 1. The number of hydrogen-bond donors (Lipinski definition) is 1. The van der Waals surface area contributed by atoms with Crippen LogP contribution in [0.5, 0.6) is 0 Å². The normalized spacial score (nSPS) is 18.9. The third-order valence-corrected chi connectivity index (χ3v) is 3.33. The van der Waals surface area contributed by atoms with Crippen LogP contribution in [-0.2, 0) is 14.3 Å². The van der Waals surface area contributed by atoms with Gasteiger partial charge in [0.1, 0.15) is 6.04 Å². The maximum Gasteiger partial charge on any atom is 0.322 e. The van der Waals surface area contributed by atoms with Crippen molar-refractivity contribution in [3.8, 4) is 0 Å². The summed E-state index contributed by atoms with van der Waals surface area (Å²) >= 11 is 0. The summed E-state index contributed by atoms with van der Waals surface area (Å²) in [6.45, 7) is 4.73. The summed E-state index contributed by atoms with van der Waals surface area (Å²) in [6, 6.07) is -0.136. The zero-order valence-electron chi connectivity index (χ0n) is 11.0. The van der Waals surface area contributed by atoms with Gasteiger partial charge in [0.25, 0.3) is 0 Å². The van der Waals surface area contributed by atoms with Crippen LogP contribution in [0.3, 0.4) is 0 Å². The summed E-state index contributed by atoms with van der Waals surface area (Å²) in [5.74, 6) is 0.503. The maximum absolute atomic E-state index is 11.6. The van der Waals surface area contributed by atoms with E-state index in [0.717, 1.165) is 51.9 Å². The molecule has 1 N–H and O–H groups in total. The van der Waals surface area contributed by atoms with E-state index in [1.165, 1.54) is 7.11 Å². The predicted molar refractivity (Wildman–Crippen MR) is 66.9 cm³/mol. The van der Waals surface area contributed by atoms with Gasteiger partial charge in [0.05, 0.1) is 7.11 Å². The minimum absolute atomic E-state index is 0.134. The van der Waals surface area contributed by atoms with Crippen LogP contribution in [0.2, 0.25) is 0 Å². The SMILES string of the molecule is CCCCC(NCC1CCOCC1)C(=O)OC. The van der Waals surface area contributed by atoms with E-state index >= 15 is 0 Å². The van der Waals surface area contributed by atoms with E-state index in [1.54, 1.807) is 0 Å². The van der Waals surface area contributed by atoms with Gasteiger partial charge in [0.15, 0.2) is 0 Å². The molecule has 0 aliphatic carbocycles. The number of unbranched alkanes of at least 4 members (excludes halogenated alkanes) is 1. The van der Waals surface area contributed by atoms with E-state index in [4.69, 9.17) is 9.47 Å². The summed E-state index contributed by atoms with van der Waals surface area (Å²) in [5, 5.41) is 3.34. The average molecular weight is 243 g/mol. The van der Waals surface area contributed by atoms with E-state index in [-0.39, 0.29) is 12.0 Å². The van der Waals surface area contributed by atoms with Crippen molar-refractivity contribution in [2.75, 3.05) is 26.9 Å². The maximum atomic E-state index is 11.6. The Kier molecular flexibility index (Phi) is 7.21. The van der Waals surface area contributed by atoms with Crippen LogP contribution >= 0.6 is 0 Å². The number of rotatable bonds is 7. The van der Waals surface area contributed by atoms with Crippen molar-refractivity contribution in [2.45, 2.75) is 45.1 Å². The Hall–Kier alpha value is -0.610. The molecule has 4 heteroatoms.